The zero-order chi connectivity index (χ0) is 24.7. The van der Waals surface area contributed by atoms with E-state index in [1.54, 1.807) is 16.2 Å². The Morgan fingerprint density at radius 3 is 2.18 bits per heavy atom. The van der Waals surface area contributed by atoms with Crippen molar-refractivity contribution in [2.75, 3.05) is 20.1 Å². The molecule has 0 saturated carbocycles. The molecule has 9 heteroatoms. The molecular formula is C25H43KN4O3S. The van der Waals surface area contributed by atoms with Gasteiger partial charge in [-0.05, 0) is 36.9 Å². The number of β-amino-alcohol motifs (C(OH)–C–C–N with tert-alkyl or cyclic N) is 1. The number of hydrogen-bond acceptors (Lipinski definition) is 6. The van der Waals surface area contributed by atoms with Crippen molar-refractivity contribution in [2.45, 2.75) is 67.0 Å². The monoisotopic (exact) mass is 518 g/mol. The first kappa shape index (κ1) is 38.0. The zero-order valence-electron chi connectivity index (χ0n) is 22.4. The smallest absolute Gasteiger partial charge is 0.693 e. The van der Waals surface area contributed by atoms with Crippen molar-refractivity contribution in [3.8, 4) is 10.4 Å². The largest absolute Gasteiger partial charge is 1.00 e. The molecule has 2 aromatic rings. The second-order valence-electron chi connectivity index (χ2n) is 8.51. The first-order valence-electron chi connectivity index (χ1n) is 11.1. The standard InChI is InChI=1S/C12H14N2S.C10H19NO2.C2H6.CH2O.K.H2N/c1-9-12(15-8-14-9)11-5-3-10(4-6-11)7-13-2;1-10(2,3)6-9(13)11-5-4-8(12)7-11;2*1-2;;/h3-6,8,13H,7H2,1-2H3;8,12H,4-7H2,1-3H3;1-2H3;1H2;;1H2/q;;;;+1;-1. The van der Waals surface area contributed by atoms with Crippen LogP contribution in [0.5, 0.6) is 0 Å². The van der Waals surface area contributed by atoms with Crippen LogP contribution in [0, 0.1) is 12.3 Å². The number of amides is 1. The van der Waals surface area contributed by atoms with E-state index in [2.05, 4.69) is 55.3 Å². The van der Waals surface area contributed by atoms with Gasteiger partial charge in [0.05, 0.1) is 22.2 Å². The van der Waals surface area contributed by atoms with Gasteiger partial charge in [0.25, 0.3) is 0 Å². The van der Waals surface area contributed by atoms with Gasteiger partial charge in [-0.1, -0.05) is 58.9 Å². The van der Waals surface area contributed by atoms with Gasteiger partial charge in [-0.15, -0.1) is 11.3 Å². The fraction of sp³-hybridized carbons (Fsp3) is 0.560. The third-order valence-corrected chi connectivity index (χ3v) is 5.52. The summed E-state index contributed by atoms with van der Waals surface area (Å²) in [6, 6.07) is 8.64. The number of aliphatic hydroxyl groups is 1. The minimum Gasteiger partial charge on any atom is -0.693 e. The molecule has 7 nitrogen and oxygen atoms in total. The summed E-state index contributed by atoms with van der Waals surface area (Å²) >= 11 is 1.70. The zero-order valence-corrected chi connectivity index (χ0v) is 26.3. The van der Waals surface area contributed by atoms with Crippen molar-refractivity contribution in [3.05, 3.63) is 47.2 Å². The minimum absolute atomic E-state index is 0. The molecule has 0 bridgehead atoms. The van der Waals surface area contributed by atoms with E-state index in [0.717, 1.165) is 25.2 Å². The molecule has 34 heavy (non-hydrogen) atoms. The van der Waals surface area contributed by atoms with Crippen molar-refractivity contribution < 1.29 is 66.1 Å². The molecule has 1 amide bonds. The first-order chi connectivity index (χ1) is 15.2. The summed E-state index contributed by atoms with van der Waals surface area (Å²) in [5.41, 5.74) is 5.62. The Kier molecular flexibility index (Phi) is 23.1. The Hall–Kier alpha value is -0.494. The molecule has 0 aliphatic carbocycles. The van der Waals surface area contributed by atoms with Gasteiger partial charge in [0.15, 0.2) is 0 Å². The summed E-state index contributed by atoms with van der Waals surface area (Å²) in [5, 5.41) is 12.4. The van der Waals surface area contributed by atoms with Crippen molar-refractivity contribution >= 4 is 24.0 Å². The summed E-state index contributed by atoms with van der Waals surface area (Å²) in [6.07, 6.45) is 0.999. The van der Waals surface area contributed by atoms with Crippen LogP contribution in [0.1, 0.15) is 58.7 Å². The molecule has 2 heterocycles. The minimum atomic E-state index is -0.302. The number of hydrogen-bond donors (Lipinski definition) is 2. The molecule has 4 N–H and O–H groups in total. The van der Waals surface area contributed by atoms with Crippen LogP contribution in [0.4, 0.5) is 0 Å². The molecule has 3 rings (SSSR count). The molecule has 188 valence electrons. The average molecular weight is 519 g/mol. The van der Waals surface area contributed by atoms with E-state index in [1.165, 1.54) is 16.0 Å². The number of aliphatic hydroxyl groups excluding tert-OH is 1. The maximum atomic E-state index is 11.6. The van der Waals surface area contributed by atoms with Crippen LogP contribution in [-0.2, 0) is 16.1 Å². The van der Waals surface area contributed by atoms with Gasteiger partial charge in [0.2, 0.25) is 5.91 Å². The maximum absolute atomic E-state index is 11.6. The number of carbonyl (C=O) groups excluding carboxylic acids is 2. The molecule has 1 aromatic heterocycles. The Bertz CT molecular complexity index is 779. The van der Waals surface area contributed by atoms with Crippen LogP contribution in [-0.4, -0.2) is 53.9 Å². The second kappa shape index (κ2) is 20.7. The Labute approximate surface area is 253 Å². The molecule has 1 aliphatic heterocycles. The summed E-state index contributed by atoms with van der Waals surface area (Å²) < 4.78 is 0. The predicted molar refractivity (Wildman–Crippen MR) is 140 cm³/mol. The van der Waals surface area contributed by atoms with Crippen molar-refractivity contribution in [1.29, 1.82) is 0 Å². The second-order valence-corrected chi connectivity index (χ2v) is 9.37. The molecule has 1 unspecified atom stereocenters. The normalized spacial score (nSPS) is 14.0. The Morgan fingerprint density at radius 2 is 1.79 bits per heavy atom. The van der Waals surface area contributed by atoms with E-state index in [4.69, 9.17) is 4.79 Å². The molecule has 0 radical (unpaired) electrons. The summed E-state index contributed by atoms with van der Waals surface area (Å²) in [5.74, 6) is 0.170. The van der Waals surface area contributed by atoms with E-state index >= 15 is 0 Å². The van der Waals surface area contributed by atoms with Crippen LogP contribution < -0.4 is 56.7 Å². The van der Waals surface area contributed by atoms with Crippen LogP contribution in [0.15, 0.2) is 29.8 Å². The number of nitrogens with zero attached hydrogens (tertiary/aromatic N) is 2. The molecule has 1 saturated heterocycles. The third kappa shape index (κ3) is 14.8. The fourth-order valence-electron chi connectivity index (χ4n) is 3.09. The van der Waals surface area contributed by atoms with Crippen molar-refractivity contribution in [3.63, 3.8) is 0 Å². The van der Waals surface area contributed by atoms with Gasteiger partial charge in [0, 0.05) is 26.1 Å². The molecule has 1 aliphatic rings. The fourth-order valence-corrected chi connectivity index (χ4v) is 3.90. The number of benzene rings is 1. The Morgan fingerprint density at radius 1 is 1.24 bits per heavy atom. The van der Waals surface area contributed by atoms with Gasteiger partial charge in [-0.3, -0.25) is 4.79 Å². The van der Waals surface area contributed by atoms with Gasteiger partial charge in [0.1, 0.15) is 6.79 Å². The number of aromatic nitrogens is 1. The van der Waals surface area contributed by atoms with E-state index in [1.807, 2.05) is 40.1 Å². The van der Waals surface area contributed by atoms with Gasteiger partial charge < -0.3 is 26.3 Å². The number of carbonyl (C=O) groups is 2. The van der Waals surface area contributed by atoms with E-state index < -0.39 is 0 Å². The summed E-state index contributed by atoms with van der Waals surface area (Å²) in [6.45, 7) is 16.4. The number of aryl methyl sites for hydroxylation is 1. The molecule has 1 aromatic carbocycles. The summed E-state index contributed by atoms with van der Waals surface area (Å²) in [4.78, 5) is 26.9. The molecule has 1 fully saturated rings. The summed E-state index contributed by atoms with van der Waals surface area (Å²) in [7, 11) is 1.96. The van der Waals surface area contributed by atoms with Crippen molar-refractivity contribution in [1.82, 2.24) is 15.2 Å². The van der Waals surface area contributed by atoms with E-state index in [0.29, 0.717) is 13.0 Å². The SMILES string of the molecule is C=O.CC.CC(C)(C)CC(=O)N1CCC(O)C1.CNCc1ccc(-c2scnc2C)cc1.[K+].[NH2-]. The average Bonchev–Trinajstić information content (AvgIpc) is 3.39. The molecule has 1 atom stereocenters. The van der Waals surface area contributed by atoms with Gasteiger partial charge in [-0.25, -0.2) is 4.98 Å². The van der Waals surface area contributed by atoms with Crippen LogP contribution in [0.3, 0.4) is 0 Å². The number of nitrogens with two attached hydrogens (primary N) is 1. The van der Waals surface area contributed by atoms with Gasteiger partial charge >= 0.3 is 51.4 Å². The number of likely N-dealkylation sites (tertiary alicyclic amines) is 1. The molecule has 0 spiro atoms. The topological polar surface area (TPSA) is 116 Å². The van der Waals surface area contributed by atoms with Gasteiger partial charge in [-0.2, -0.15) is 0 Å². The first-order valence-corrected chi connectivity index (χ1v) is 12.0. The van der Waals surface area contributed by atoms with Crippen LogP contribution >= 0.6 is 11.3 Å². The molecular weight excluding hydrogens is 475 g/mol. The van der Waals surface area contributed by atoms with E-state index in [9.17, 15) is 9.90 Å². The number of nitrogens with one attached hydrogen (secondary N) is 1. The Balaban J connectivity index is -0.000000472. The van der Waals surface area contributed by atoms with Crippen LogP contribution in [0.2, 0.25) is 0 Å². The third-order valence-electron chi connectivity index (χ3n) is 4.54. The predicted octanol–water partition coefficient (Wildman–Crippen LogP) is 2.42. The maximum Gasteiger partial charge on any atom is 1.00 e. The van der Waals surface area contributed by atoms with Crippen molar-refractivity contribution in [2.24, 2.45) is 5.41 Å². The quantitative estimate of drug-likeness (QED) is 0.603. The number of rotatable bonds is 4. The van der Waals surface area contributed by atoms with E-state index in [-0.39, 0.29) is 75.0 Å². The van der Waals surface area contributed by atoms with Crippen LogP contribution in [0.25, 0.3) is 16.6 Å². The number of thiazole rings is 1.